The molecule has 2 nitrogen and oxygen atoms in total. The van der Waals surface area contributed by atoms with Crippen LogP contribution < -0.4 is 5.32 Å². The molecule has 1 aromatic rings. The van der Waals surface area contributed by atoms with Crippen LogP contribution in [0.25, 0.3) is 0 Å². The minimum absolute atomic E-state index is 0.451. The Labute approximate surface area is 92.1 Å². The lowest BCUT2D eigenvalue weighted by atomic mass is 9.94. The Balaban J connectivity index is 2.18. The van der Waals surface area contributed by atoms with Crippen LogP contribution >= 0.6 is 0 Å². The Bertz CT molecular complexity index is 316. The van der Waals surface area contributed by atoms with Crippen molar-refractivity contribution in [2.45, 2.75) is 38.6 Å². The van der Waals surface area contributed by atoms with E-state index in [2.05, 4.69) is 29.4 Å². The van der Waals surface area contributed by atoms with Gasteiger partial charge in [0.15, 0.2) is 0 Å². The van der Waals surface area contributed by atoms with Gasteiger partial charge in [0.25, 0.3) is 0 Å². The molecule has 1 aliphatic carbocycles. The smallest absolute Gasteiger partial charge is 0.0578 e. The summed E-state index contributed by atoms with van der Waals surface area (Å²) in [5, 5.41) is 3.42. The highest BCUT2D eigenvalue weighted by molar-refractivity contribution is 5.18. The van der Waals surface area contributed by atoms with Gasteiger partial charge in [-0.1, -0.05) is 12.8 Å². The maximum absolute atomic E-state index is 4.49. The van der Waals surface area contributed by atoms with Gasteiger partial charge in [-0.05, 0) is 50.4 Å². The Kier molecular flexibility index (Phi) is 3.37. The number of nitrogens with one attached hydrogen (secondary N) is 1. The van der Waals surface area contributed by atoms with Crippen molar-refractivity contribution >= 4 is 0 Å². The topological polar surface area (TPSA) is 24.9 Å². The molecule has 0 aromatic carbocycles. The zero-order valence-electron chi connectivity index (χ0n) is 9.66. The fourth-order valence-electron chi connectivity index (χ4n) is 2.65. The molecule has 1 saturated carbocycles. The average Bonchev–Trinajstić information content (AvgIpc) is 2.72. The SMILES string of the molecule is CNC(c1cc(C)ccn1)C1CCCC1. The van der Waals surface area contributed by atoms with Gasteiger partial charge in [-0.3, -0.25) is 4.98 Å². The maximum Gasteiger partial charge on any atom is 0.0578 e. The molecule has 0 saturated heterocycles. The zero-order chi connectivity index (χ0) is 10.7. The van der Waals surface area contributed by atoms with E-state index in [1.54, 1.807) is 0 Å². The van der Waals surface area contributed by atoms with Gasteiger partial charge in [0.2, 0.25) is 0 Å². The third-order valence-electron chi connectivity index (χ3n) is 3.44. The van der Waals surface area contributed by atoms with Crippen LogP contribution in [0, 0.1) is 12.8 Å². The summed E-state index contributed by atoms with van der Waals surface area (Å²) in [6.07, 6.45) is 7.38. The molecule has 0 spiro atoms. The van der Waals surface area contributed by atoms with Crippen LogP contribution in [0.3, 0.4) is 0 Å². The van der Waals surface area contributed by atoms with Crippen molar-refractivity contribution in [2.75, 3.05) is 7.05 Å². The van der Waals surface area contributed by atoms with Gasteiger partial charge in [0, 0.05) is 6.20 Å². The van der Waals surface area contributed by atoms with E-state index in [4.69, 9.17) is 0 Å². The lowest BCUT2D eigenvalue weighted by molar-refractivity contribution is 0.383. The summed E-state index contributed by atoms with van der Waals surface area (Å²) in [6.45, 7) is 2.13. The molecule has 1 aliphatic rings. The molecule has 15 heavy (non-hydrogen) atoms. The van der Waals surface area contributed by atoms with E-state index in [0.29, 0.717) is 6.04 Å². The van der Waals surface area contributed by atoms with Crippen LogP contribution in [0.15, 0.2) is 18.3 Å². The van der Waals surface area contributed by atoms with Gasteiger partial charge in [-0.2, -0.15) is 0 Å². The second-order valence-electron chi connectivity index (χ2n) is 4.57. The normalized spacial score (nSPS) is 19.3. The summed E-state index contributed by atoms with van der Waals surface area (Å²) >= 11 is 0. The van der Waals surface area contributed by atoms with Crippen molar-refractivity contribution < 1.29 is 0 Å². The third kappa shape index (κ3) is 2.37. The van der Waals surface area contributed by atoms with Gasteiger partial charge in [-0.25, -0.2) is 0 Å². The van der Waals surface area contributed by atoms with Crippen molar-refractivity contribution in [3.8, 4) is 0 Å². The molecule has 1 aromatic heterocycles. The quantitative estimate of drug-likeness (QED) is 0.819. The predicted octanol–water partition coefficient (Wildman–Crippen LogP) is 2.84. The van der Waals surface area contributed by atoms with Crippen molar-refractivity contribution in [3.63, 3.8) is 0 Å². The summed E-state index contributed by atoms with van der Waals surface area (Å²) in [5.41, 5.74) is 2.52. The van der Waals surface area contributed by atoms with Crippen LogP contribution in [-0.2, 0) is 0 Å². The first-order valence-corrected chi connectivity index (χ1v) is 5.91. The van der Waals surface area contributed by atoms with Crippen LogP contribution in [0.4, 0.5) is 0 Å². The Morgan fingerprint density at radius 3 is 2.73 bits per heavy atom. The largest absolute Gasteiger partial charge is 0.311 e. The van der Waals surface area contributed by atoms with Gasteiger partial charge in [-0.15, -0.1) is 0 Å². The van der Waals surface area contributed by atoms with Gasteiger partial charge in [0.1, 0.15) is 0 Å². The molecule has 0 radical (unpaired) electrons. The summed E-state index contributed by atoms with van der Waals surface area (Å²) in [7, 11) is 2.05. The molecule has 2 rings (SSSR count). The summed E-state index contributed by atoms with van der Waals surface area (Å²) in [4.78, 5) is 4.49. The molecule has 2 heteroatoms. The molecule has 1 fully saturated rings. The van der Waals surface area contributed by atoms with Gasteiger partial charge in [0.05, 0.1) is 11.7 Å². The van der Waals surface area contributed by atoms with Gasteiger partial charge >= 0.3 is 0 Å². The average molecular weight is 204 g/mol. The van der Waals surface area contributed by atoms with E-state index in [1.807, 2.05) is 13.2 Å². The second-order valence-corrected chi connectivity index (χ2v) is 4.57. The van der Waals surface area contributed by atoms with E-state index in [1.165, 1.54) is 36.9 Å². The molecule has 1 unspecified atom stereocenters. The van der Waals surface area contributed by atoms with Crippen LogP contribution in [0.5, 0.6) is 0 Å². The van der Waals surface area contributed by atoms with Gasteiger partial charge < -0.3 is 5.32 Å². The molecular weight excluding hydrogens is 184 g/mol. The number of aromatic nitrogens is 1. The summed E-state index contributed by atoms with van der Waals surface area (Å²) in [6, 6.07) is 4.72. The lowest BCUT2D eigenvalue weighted by Crippen LogP contribution is -2.24. The molecule has 0 aliphatic heterocycles. The number of nitrogens with zero attached hydrogens (tertiary/aromatic N) is 1. The minimum Gasteiger partial charge on any atom is -0.311 e. The van der Waals surface area contributed by atoms with E-state index >= 15 is 0 Å². The highest BCUT2D eigenvalue weighted by Gasteiger charge is 2.25. The highest BCUT2D eigenvalue weighted by atomic mass is 14.9. The monoisotopic (exact) mass is 204 g/mol. The number of rotatable bonds is 3. The maximum atomic E-state index is 4.49. The molecule has 0 bridgehead atoms. The molecule has 0 amide bonds. The van der Waals surface area contributed by atoms with Crippen LogP contribution in [0.1, 0.15) is 43.0 Å². The minimum atomic E-state index is 0.451. The summed E-state index contributed by atoms with van der Waals surface area (Å²) < 4.78 is 0. The molecular formula is C13H20N2. The van der Waals surface area contributed by atoms with Crippen molar-refractivity contribution in [1.29, 1.82) is 0 Å². The molecule has 82 valence electrons. The first kappa shape index (κ1) is 10.6. The Morgan fingerprint density at radius 1 is 1.40 bits per heavy atom. The molecule has 1 heterocycles. The fraction of sp³-hybridized carbons (Fsp3) is 0.615. The van der Waals surface area contributed by atoms with E-state index in [0.717, 1.165) is 5.92 Å². The standard InChI is InChI=1S/C13H20N2/c1-10-7-8-15-12(9-10)13(14-2)11-5-3-4-6-11/h7-9,11,13-14H,3-6H2,1-2H3. The molecule has 1 atom stereocenters. The van der Waals surface area contributed by atoms with Crippen LogP contribution in [-0.4, -0.2) is 12.0 Å². The number of hydrogen-bond donors (Lipinski definition) is 1. The van der Waals surface area contributed by atoms with Crippen molar-refractivity contribution in [2.24, 2.45) is 5.92 Å². The van der Waals surface area contributed by atoms with Crippen LogP contribution in [0.2, 0.25) is 0 Å². The first-order chi connectivity index (χ1) is 7.31. The van der Waals surface area contributed by atoms with E-state index < -0.39 is 0 Å². The summed E-state index contributed by atoms with van der Waals surface area (Å²) in [5.74, 6) is 0.782. The Hall–Kier alpha value is -0.890. The fourth-order valence-corrected chi connectivity index (χ4v) is 2.65. The number of hydrogen-bond acceptors (Lipinski definition) is 2. The first-order valence-electron chi connectivity index (χ1n) is 5.91. The third-order valence-corrected chi connectivity index (χ3v) is 3.44. The van der Waals surface area contributed by atoms with E-state index in [-0.39, 0.29) is 0 Å². The highest BCUT2D eigenvalue weighted by Crippen LogP contribution is 2.34. The van der Waals surface area contributed by atoms with E-state index in [9.17, 15) is 0 Å². The molecule has 1 N–H and O–H groups in total. The second kappa shape index (κ2) is 4.75. The Morgan fingerprint density at radius 2 is 2.13 bits per heavy atom. The van der Waals surface area contributed by atoms with Crippen molar-refractivity contribution in [3.05, 3.63) is 29.6 Å². The lowest BCUT2D eigenvalue weighted by Gasteiger charge is -2.22. The number of pyridine rings is 1. The zero-order valence-corrected chi connectivity index (χ0v) is 9.66. The van der Waals surface area contributed by atoms with Crippen molar-refractivity contribution in [1.82, 2.24) is 10.3 Å². The number of aryl methyl sites for hydroxylation is 1. The predicted molar refractivity (Wildman–Crippen MR) is 62.7 cm³/mol.